The molecule has 13 heavy (non-hydrogen) atoms. The van der Waals surface area contributed by atoms with Crippen LogP contribution >= 0.6 is 0 Å². The minimum atomic E-state index is -0.230. The molecule has 0 amide bonds. The second-order valence-electron chi connectivity index (χ2n) is 4.11. The molecular formula is C10H19O2Si. The third-order valence-corrected chi connectivity index (χ3v) is 3.74. The number of ether oxygens (including phenoxy) is 1. The molecule has 0 unspecified atom stereocenters. The number of carbonyl (C=O) groups excluding carboxylic acids is 1. The molecule has 0 aromatic heterocycles. The van der Waals surface area contributed by atoms with E-state index in [-0.39, 0.29) is 20.7 Å². The van der Waals surface area contributed by atoms with Gasteiger partial charge in [-0.15, -0.1) is 0 Å². The molecule has 2 nitrogen and oxygen atoms in total. The third kappa shape index (κ3) is 3.94. The first-order chi connectivity index (χ1) is 6.20. The zero-order valence-electron chi connectivity index (χ0n) is 8.64. The Bertz CT molecular complexity index is 162. The van der Waals surface area contributed by atoms with E-state index in [0.29, 0.717) is 6.61 Å². The average Bonchev–Trinajstić information content (AvgIpc) is 2.55. The Labute approximate surface area is 82.3 Å². The molecule has 0 bridgehead atoms. The predicted molar refractivity (Wildman–Crippen MR) is 55.2 cm³/mol. The van der Waals surface area contributed by atoms with Gasteiger partial charge >= 0.3 is 5.97 Å². The summed E-state index contributed by atoms with van der Waals surface area (Å²) in [5.41, 5.74) is 0. The van der Waals surface area contributed by atoms with Crippen LogP contribution < -0.4 is 0 Å². The molecule has 0 aliphatic heterocycles. The Balaban J connectivity index is 2.10. The van der Waals surface area contributed by atoms with Gasteiger partial charge in [-0.1, -0.05) is 25.9 Å². The number of hydrogen-bond acceptors (Lipinski definition) is 2. The van der Waals surface area contributed by atoms with E-state index in [1.807, 2.05) is 0 Å². The van der Waals surface area contributed by atoms with E-state index in [9.17, 15) is 4.79 Å². The normalized spacial score (nSPS) is 18.1. The van der Waals surface area contributed by atoms with Crippen LogP contribution in [0.1, 0.15) is 25.7 Å². The topological polar surface area (TPSA) is 26.3 Å². The third-order valence-electron chi connectivity index (χ3n) is 2.53. The van der Waals surface area contributed by atoms with Crippen molar-refractivity contribution < 1.29 is 9.53 Å². The summed E-state index contributed by atoms with van der Waals surface area (Å²) in [5, 5.41) is 0. The second-order valence-corrected chi connectivity index (χ2v) is 7.02. The highest BCUT2D eigenvalue weighted by Gasteiger charge is 2.23. The van der Waals surface area contributed by atoms with Crippen molar-refractivity contribution in [2.24, 2.45) is 5.92 Å². The van der Waals surface area contributed by atoms with Gasteiger partial charge < -0.3 is 4.74 Å². The Morgan fingerprint density at radius 1 is 1.38 bits per heavy atom. The molecule has 1 saturated carbocycles. The van der Waals surface area contributed by atoms with E-state index in [4.69, 9.17) is 4.74 Å². The van der Waals surface area contributed by atoms with Crippen LogP contribution in [0, 0.1) is 5.92 Å². The second kappa shape index (κ2) is 5.42. The first-order valence-electron chi connectivity index (χ1n) is 5.16. The van der Waals surface area contributed by atoms with Crippen LogP contribution in [-0.2, 0) is 9.53 Å². The van der Waals surface area contributed by atoms with Gasteiger partial charge in [-0.05, 0) is 18.9 Å². The van der Waals surface area contributed by atoms with Crippen molar-refractivity contribution in [2.45, 2.75) is 44.8 Å². The zero-order chi connectivity index (χ0) is 9.68. The molecule has 0 aromatic rings. The van der Waals surface area contributed by atoms with Gasteiger partial charge in [-0.25, -0.2) is 0 Å². The lowest BCUT2D eigenvalue weighted by molar-refractivity contribution is -0.147. The molecule has 0 saturated heterocycles. The summed E-state index contributed by atoms with van der Waals surface area (Å²) in [4.78, 5) is 11.4. The summed E-state index contributed by atoms with van der Waals surface area (Å²) in [6.07, 6.45) is 4.51. The fraction of sp³-hybridized carbons (Fsp3) is 0.900. The molecular weight excluding hydrogens is 180 g/mol. The summed E-state index contributed by atoms with van der Waals surface area (Å²) in [7, 11) is -0.230. The van der Waals surface area contributed by atoms with E-state index in [0.717, 1.165) is 18.9 Å². The number of hydrogen-bond donors (Lipinski definition) is 0. The molecule has 1 aliphatic rings. The van der Waals surface area contributed by atoms with Crippen molar-refractivity contribution in [1.82, 2.24) is 0 Å². The minimum absolute atomic E-state index is 0.0563. The number of esters is 1. The monoisotopic (exact) mass is 199 g/mol. The lowest BCUT2D eigenvalue weighted by Crippen LogP contribution is -2.17. The van der Waals surface area contributed by atoms with Crippen molar-refractivity contribution in [3.05, 3.63) is 0 Å². The molecule has 1 aliphatic carbocycles. The molecule has 75 valence electrons. The van der Waals surface area contributed by atoms with Crippen molar-refractivity contribution in [2.75, 3.05) is 6.61 Å². The first kappa shape index (κ1) is 10.8. The summed E-state index contributed by atoms with van der Waals surface area (Å²) in [5.74, 6) is 0.283. The highest BCUT2D eigenvalue weighted by Crippen LogP contribution is 2.25. The summed E-state index contributed by atoms with van der Waals surface area (Å²) in [6.45, 7) is 5.14. The van der Waals surface area contributed by atoms with Crippen molar-refractivity contribution >= 4 is 14.8 Å². The van der Waals surface area contributed by atoms with Gasteiger partial charge in [0.25, 0.3) is 0 Å². The fourth-order valence-electron chi connectivity index (χ4n) is 1.64. The Hall–Kier alpha value is -0.313. The van der Waals surface area contributed by atoms with E-state index >= 15 is 0 Å². The maximum Gasteiger partial charge on any atom is 0.308 e. The van der Waals surface area contributed by atoms with Gasteiger partial charge in [0, 0.05) is 8.80 Å². The van der Waals surface area contributed by atoms with Crippen molar-refractivity contribution in [1.29, 1.82) is 0 Å². The van der Waals surface area contributed by atoms with Gasteiger partial charge in [-0.2, -0.15) is 0 Å². The smallest absolute Gasteiger partial charge is 0.308 e. The SMILES string of the molecule is C[Si](C)CCOC(=O)C1CCCC1. The summed E-state index contributed by atoms with van der Waals surface area (Å²) < 4.78 is 5.22. The van der Waals surface area contributed by atoms with E-state index in [1.165, 1.54) is 12.8 Å². The lowest BCUT2D eigenvalue weighted by atomic mass is 10.1. The summed E-state index contributed by atoms with van der Waals surface area (Å²) >= 11 is 0. The minimum Gasteiger partial charge on any atom is -0.466 e. The van der Waals surface area contributed by atoms with Crippen molar-refractivity contribution in [3.63, 3.8) is 0 Å². The molecule has 1 rings (SSSR count). The molecule has 0 N–H and O–H groups in total. The maximum atomic E-state index is 11.4. The van der Waals surface area contributed by atoms with Crippen LogP contribution in [0.4, 0.5) is 0 Å². The number of rotatable bonds is 4. The van der Waals surface area contributed by atoms with Crippen LogP contribution in [0.3, 0.4) is 0 Å². The number of carbonyl (C=O) groups is 1. The summed E-state index contributed by atoms with van der Waals surface area (Å²) in [6, 6.07) is 1.09. The highest BCUT2D eigenvalue weighted by molar-refractivity contribution is 6.55. The van der Waals surface area contributed by atoms with E-state index < -0.39 is 0 Å². The van der Waals surface area contributed by atoms with E-state index in [2.05, 4.69) is 13.1 Å². The van der Waals surface area contributed by atoms with Crippen molar-refractivity contribution in [3.8, 4) is 0 Å². The Kier molecular flexibility index (Phi) is 4.49. The van der Waals surface area contributed by atoms with Crippen LogP contribution in [0.25, 0.3) is 0 Å². The molecule has 3 heteroatoms. The predicted octanol–water partition coefficient (Wildman–Crippen LogP) is 2.47. The molecule has 0 atom stereocenters. The van der Waals surface area contributed by atoms with Gasteiger partial charge in [0.1, 0.15) is 0 Å². The van der Waals surface area contributed by atoms with Crippen LogP contribution in [0.15, 0.2) is 0 Å². The Morgan fingerprint density at radius 2 is 2.00 bits per heavy atom. The van der Waals surface area contributed by atoms with Gasteiger partial charge in [-0.3, -0.25) is 4.79 Å². The van der Waals surface area contributed by atoms with Gasteiger partial charge in [0.05, 0.1) is 12.5 Å². The van der Waals surface area contributed by atoms with Crippen LogP contribution in [0.5, 0.6) is 0 Å². The molecule has 0 spiro atoms. The van der Waals surface area contributed by atoms with Crippen LogP contribution in [-0.4, -0.2) is 21.4 Å². The lowest BCUT2D eigenvalue weighted by Gasteiger charge is -2.09. The van der Waals surface area contributed by atoms with Gasteiger partial charge in [0.15, 0.2) is 0 Å². The molecule has 1 radical (unpaired) electrons. The van der Waals surface area contributed by atoms with E-state index in [1.54, 1.807) is 0 Å². The quantitative estimate of drug-likeness (QED) is 0.513. The van der Waals surface area contributed by atoms with Gasteiger partial charge in [0.2, 0.25) is 0 Å². The largest absolute Gasteiger partial charge is 0.466 e. The van der Waals surface area contributed by atoms with Crippen LogP contribution in [0.2, 0.25) is 19.1 Å². The molecule has 0 aromatic carbocycles. The highest BCUT2D eigenvalue weighted by atomic mass is 28.3. The molecule has 0 heterocycles. The molecule has 1 fully saturated rings. The zero-order valence-corrected chi connectivity index (χ0v) is 9.64. The maximum absolute atomic E-state index is 11.4. The standard InChI is InChI=1S/C10H19O2Si/c1-13(2)8-7-12-10(11)9-5-3-4-6-9/h9H,3-8H2,1-2H3. The Morgan fingerprint density at radius 3 is 2.54 bits per heavy atom. The first-order valence-corrected chi connectivity index (χ1v) is 7.86. The fourth-order valence-corrected chi connectivity index (χ4v) is 2.15. The average molecular weight is 199 g/mol.